The fourth-order valence-corrected chi connectivity index (χ4v) is 1.03. The highest BCUT2D eigenvalue weighted by Crippen LogP contribution is 1.94. The van der Waals surface area contributed by atoms with Crippen molar-refractivity contribution >= 4 is 5.91 Å². The summed E-state index contributed by atoms with van der Waals surface area (Å²) in [5.74, 6) is 0.0553. The van der Waals surface area contributed by atoms with E-state index in [2.05, 4.69) is 31.1 Å². The maximum Gasteiger partial charge on any atom is 0.221 e. The molecule has 0 radical (unpaired) electrons. The summed E-state index contributed by atoms with van der Waals surface area (Å²) < 4.78 is 0. The van der Waals surface area contributed by atoms with E-state index in [9.17, 15) is 4.79 Å². The molecule has 0 atom stereocenters. The Balaban J connectivity index is 3.33. The van der Waals surface area contributed by atoms with Crippen LogP contribution in [0.4, 0.5) is 0 Å². The molecule has 0 aromatic carbocycles. The topological polar surface area (TPSA) is 58.4 Å². The van der Waals surface area contributed by atoms with Gasteiger partial charge < -0.3 is 16.0 Å². The van der Waals surface area contributed by atoms with Gasteiger partial charge in [-0.1, -0.05) is 0 Å². The van der Waals surface area contributed by atoms with E-state index in [1.807, 2.05) is 0 Å². The van der Waals surface area contributed by atoms with Gasteiger partial charge in [0.1, 0.15) is 0 Å². The molecule has 1 amide bonds. The lowest BCUT2D eigenvalue weighted by Crippen LogP contribution is -2.31. The summed E-state index contributed by atoms with van der Waals surface area (Å²) in [6.07, 6.45) is 1.42. The van der Waals surface area contributed by atoms with Gasteiger partial charge in [-0.05, 0) is 33.9 Å². The SMILES string of the molecule is CC(C)N(C)CCCNC(=O)CCN. The van der Waals surface area contributed by atoms with Crippen LogP contribution in [0.2, 0.25) is 0 Å². The monoisotopic (exact) mass is 201 g/mol. The van der Waals surface area contributed by atoms with Crippen LogP contribution in [0.15, 0.2) is 0 Å². The predicted molar refractivity (Wildman–Crippen MR) is 59.1 cm³/mol. The Kier molecular flexibility index (Phi) is 7.42. The highest BCUT2D eigenvalue weighted by Gasteiger charge is 2.02. The second-order valence-corrected chi connectivity index (χ2v) is 3.82. The molecule has 0 saturated heterocycles. The van der Waals surface area contributed by atoms with Crippen LogP contribution >= 0.6 is 0 Å². The number of hydrogen-bond acceptors (Lipinski definition) is 3. The van der Waals surface area contributed by atoms with Crippen LogP contribution in [0.1, 0.15) is 26.7 Å². The first-order chi connectivity index (χ1) is 6.57. The molecule has 0 aromatic heterocycles. The van der Waals surface area contributed by atoms with Crippen molar-refractivity contribution in [2.45, 2.75) is 32.7 Å². The van der Waals surface area contributed by atoms with E-state index in [1.165, 1.54) is 0 Å². The summed E-state index contributed by atoms with van der Waals surface area (Å²) in [6, 6.07) is 0.565. The Morgan fingerprint density at radius 2 is 2.14 bits per heavy atom. The van der Waals surface area contributed by atoms with Crippen LogP contribution < -0.4 is 11.1 Å². The van der Waals surface area contributed by atoms with Gasteiger partial charge in [-0.3, -0.25) is 4.79 Å². The quantitative estimate of drug-likeness (QED) is 0.578. The molecule has 0 unspecified atom stereocenters. The number of nitrogens with zero attached hydrogens (tertiary/aromatic N) is 1. The number of rotatable bonds is 7. The van der Waals surface area contributed by atoms with Crippen molar-refractivity contribution in [2.24, 2.45) is 5.73 Å². The molecule has 84 valence electrons. The van der Waals surface area contributed by atoms with Gasteiger partial charge >= 0.3 is 0 Å². The molecular weight excluding hydrogens is 178 g/mol. The molecule has 0 aromatic rings. The standard InChI is InChI=1S/C10H23N3O/c1-9(2)13(3)8-4-7-12-10(14)5-6-11/h9H,4-8,11H2,1-3H3,(H,12,14). The average molecular weight is 201 g/mol. The van der Waals surface area contributed by atoms with Crippen molar-refractivity contribution in [3.8, 4) is 0 Å². The third kappa shape index (κ3) is 6.86. The number of amides is 1. The minimum atomic E-state index is 0.0553. The molecule has 0 bridgehead atoms. The lowest BCUT2D eigenvalue weighted by atomic mass is 10.3. The van der Waals surface area contributed by atoms with E-state index in [1.54, 1.807) is 0 Å². The predicted octanol–water partition coefficient (Wildman–Crippen LogP) is 0.182. The molecule has 0 aliphatic rings. The van der Waals surface area contributed by atoms with Crippen LogP contribution in [-0.2, 0) is 4.79 Å². The second-order valence-electron chi connectivity index (χ2n) is 3.82. The molecule has 0 heterocycles. The largest absolute Gasteiger partial charge is 0.356 e. The van der Waals surface area contributed by atoms with E-state index in [4.69, 9.17) is 5.73 Å². The molecule has 3 N–H and O–H groups in total. The second kappa shape index (κ2) is 7.76. The fraction of sp³-hybridized carbons (Fsp3) is 0.900. The molecule has 0 aliphatic carbocycles. The van der Waals surface area contributed by atoms with Gasteiger partial charge in [0.2, 0.25) is 5.91 Å². The number of carbonyl (C=O) groups excluding carboxylic acids is 1. The maximum absolute atomic E-state index is 11.0. The van der Waals surface area contributed by atoms with Crippen LogP contribution in [0.5, 0.6) is 0 Å². The van der Waals surface area contributed by atoms with E-state index >= 15 is 0 Å². The number of hydrogen-bond donors (Lipinski definition) is 2. The van der Waals surface area contributed by atoms with Crippen molar-refractivity contribution in [1.29, 1.82) is 0 Å². The molecular formula is C10H23N3O. The Bertz CT molecular complexity index is 159. The third-order valence-corrected chi connectivity index (χ3v) is 2.26. The van der Waals surface area contributed by atoms with E-state index < -0.39 is 0 Å². The lowest BCUT2D eigenvalue weighted by Gasteiger charge is -2.20. The lowest BCUT2D eigenvalue weighted by molar-refractivity contribution is -0.120. The molecule has 0 rings (SSSR count). The molecule has 4 heteroatoms. The molecule has 0 fully saturated rings. The zero-order valence-corrected chi connectivity index (χ0v) is 9.55. The summed E-state index contributed by atoms with van der Waals surface area (Å²) in [6.45, 7) is 6.51. The van der Waals surface area contributed by atoms with Crippen molar-refractivity contribution in [1.82, 2.24) is 10.2 Å². The molecule has 0 spiro atoms. The summed E-state index contributed by atoms with van der Waals surface area (Å²) in [4.78, 5) is 13.3. The van der Waals surface area contributed by atoms with Crippen LogP contribution in [0.3, 0.4) is 0 Å². The Labute approximate surface area is 86.8 Å². The number of carbonyl (C=O) groups is 1. The average Bonchev–Trinajstić information content (AvgIpc) is 2.12. The summed E-state index contributed by atoms with van der Waals surface area (Å²) in [5.41, 5.74) is 5.25. The zero-order chi connectivity index (χ0) is 11.0. The third-order valence-electron chi connectivity index (χ3n) is 2.26. The van der Waals surface area contributed by atoms with Gasteiger partial charge in [-0.2, -0.15) is 0 Å². The summed E-state index contributed by atoms with van der Waals surface area (Å²) in [7, 11) is 2.09. The van der Waals surface area contributed by atoms with E-state index in [0.717, 1.165) is 19.5 Å². The Morgan fingerprint density at radius 3 is 2.64 bits per heavy atom. The van der Waals surface area contributed by atoms with Gasteiger partial charge in [0.15, 0.2) is 0 Å². The van der Waals surface area contributed by atoms with Gasteiger partial charge in [0.25, 0.3) is 0 Å². The number of nitrogens with one attached hydrogen (secondary N) is 1. The van der Waals surface area contributed by atoms with Gasteiger partial charge in [-0.15, -0.1) is 0 Å². The normalized spacial score (nSPS) is 11.0. The van der Waals surface area contributed by atoms with Crippen molar-refractivity contribution < 1.29 is 4.79 Å². The van der Waals surface area contributed by atoms with Crippen LogP contribution in [0, 0.1) is 0 Å². The summed E-state index contributed by atoms with van der Waals surface area (Å²) in [5, 5.41) is 2.83. The van der Waals surface area contributed by atoms with Crippen molar-refractivity contribution in [3.63, 3.8) is 0 Å². The Hall–Kier alpha value is -0.610. The first-order valence-corrected chi connectivity index (χ1v) is 5.25. The first kappa shape index (κ1) is 13.4. The highest BCUT2D eigenvalue weighted by atomic mass is 16.1. The minimum absolute atomic E-state index is 0.0553. The number of nitrogens with two attached hydrogens (primary N) is 1. The van der Waals surface area contributed by atoms with Crippen LogP contribution in [-0.4, -0.2) is 43.5 Å². The van der Waals surface area contributed by atoms with Crippen molar-refractivity contribution in [2.75, 3.05) is 26.7 Å². The first-order valence-electron chi connectivity index (χ1n) is 5.25. The highest BCUT2D eigenvalue weighted by molar-refractivity contribution is 5.75. The van der Waals surface area contributed by atoms with Crippen LogP contribution in [0.25, 0.3) is 0 Å². The van der Waals surface area contributed by atoms with Crippen molar-refractivity contribution in [3.05, 3.63) is 0 Å². The fourth-order valence-electron chi connectivity index (χ4n) is 1.03. The molecule has 4 nitrogen and oxygen atoms in total. The summed E-state index contributed by atoms with van der Waals surface area (Å²) >= 11 is 0. The minimum Gasteiger partial charge on any atom is -0.356 e. The van der Waals surface area contributed by atoms with E-state index in [0.29, 0.717) is 19.0 Å². The molecule has 0 aliphatic heterocycles. The molecule has 0 saturated carbocycles. The Morgan fingerprint density at radius 1 is 1.50 bits per heavy atom. The molecule has 14 heavy (non-hydrogen) atoms. The zero-order valence-electron chi connectivity index (χ0n) is 9.55. The smallest absolute Gasteiger partial charge is 0.221 e. The van der Waals surface area contributed by atoms with E-state index in [-0.39, 0.29) is 5.91 Å². The van der Waals surface area contributed by atoms with Gasteiger partial charge in [0.05, 0.1) is 0 Å². The van der Waals surface area contributed by atoms with Gasteiger partial charge in [-0.25, -0.2) is 0 Å². The maximum atomic E-state index is 11.0. The van der Waals surface area contributed by atoms with Gasteiger partial charge in [0, 0.05) is 25.6 Å².